The quantitative estimate of drug-likeness (QED) is 0.540. The van der Waals surface area contributed by atoms with Crippen molar-refractivity contribution in [2.24, 2.45) is 5.41 Å². The Morgan fingerprint density at radius 2 is 1.94 bits per heavy atom. The lowest BCUT2D eigenvalue weighted by Gasteiger charge is -2.28. The molecule has 6 nitrogen and oxygen atoms in total. The van der Waals surface area contributed by atoms with Gasteiger partial charge in [0.25, 0.3) is 0 Å². The first kappa shape index (κ1) is 25.0. The summed E-state index contributed by atoms with van der Waals surface area (Å²) in [6, 6.07) is 14.6. The SMILES string of the molecule is CCCC1(CO)CCN(c2ccc(S(=O)(=O)NCC(c3ccccc3)N(C)C)cc2Cl)C1. The predicted octanol–water partition coefficient (Wildman–Crippen LogP) is 3.91. The van der Waals surface area contributed by atoms with Gasteiger partial charge in [-0.2, -0.15) is 0 Å². The van der Waals surface area contributed by atoms with Crippen molar-refractivity contribution in [1.82, 2.24) is 9.62 Å². The second-order valence-corrected chi connectivity index (χ2v) is 11.1. The van der Waals surface area contributed by atoms with Crippen LogP contribution in [-0.2, 0) is 10.0 Å². The molecule has 3 rings (SSSR count). The molecule has 0 radical (unpaired) electrons. The number of halogens is 1. The lowest BCUT2D eigenvalue weighted by molar-refractivity contribution is 0.134. The Hall–Kier alpha value is -1.64. The lowest BCUT2D eigenvalue weighted by Crippen LogP contribution is -2.34. The third-order valence-corrected chi connectivity index (χ3v) is 8.12. The molecule has 2 aromatic rings. The minimum atomic E-state index is -3.72. The van der Waals surface area contributed by atoms with E-state index in [0.717, 1.165) is 43.6 Å². The first-order valence-corrected chi connectivity index (χ1v) is 12.9. The standard InChI is InChI=1S/C24H34ClN3O3S/c1-4-12-24(18-29)13-14-28(17-24)22-11-10-20(15-21(22)25)32(30,31)26-16-23(27(2)3)19-8-6-5-7-9-19/h5-11,15,23,26,29H,4,12-14,16-18H2,1-3H3. The Labute approximate surface area is 197 Å². The summed E-state index contributed by atoms with van der Waals surface area (Å²) < 4.78 is 28.7. The average Bonchev–Trinajstić information content (AvgIpc) is 3.19. The van der Waals surface area contributed by atoms with Crippen LogP contribution in [0.15, 0.2) is 53.4 Å². The molecule has 2 atom stereocenters. The van der Waals surface area contributed by atoms with Gasteiger partial charge >= 0.3 is 0 Å². The van der Waals surface area contributed by atoms with Crippen LogP contribution in [0.2, 0.25) is 5.02 Å². The van der Waals surface area contributed by atoms with Crippen LogP contribution in [0.5, 0.6) is 0 Å². The molecule has 1 aliphatic heterocycles. The van der Waals surface area contributed by atoms with Gasteiger partial charge < -0.3 is 14.9 Å². The second-order valence-electron chi connectivity index (χ2n) is 8.93. The zero-order valence-electron chi connectivity index (χ0n) is 19.1. The highest BCUT2D eigenvalue weighted by Crippen LogP contribution is 2.39. The number of rotatable bonds is 10. The maximum Gasteiger partial charge on any atom is 0.240 e. The zero-order valence-corrected chi connectivity index (χ0v) is 20.7. The zero-order chi connectivity index (χ0) is 23.4. The van der Waals surface area contributed by atoms with Crippen molar-refractivity contribution in [3.05, 3.63) is 59.1 Å². The van der Waals surface area contributed by atoms with Gasteiger partial charge in [0, 0.05) is 31.1 Å². The molecule has 32 heavy (non-hydrogen) atoms. The number of hydrogen-bond donors (Lipinski definition) is 2. The molecule has 2 unspecified atom stereocenters. The van der Waals surface area contributed by atoms with Crippen molar-refractivity contribution in [3.8, 4) is 0 Å². The summed E-state index contributed by atoms with van der Waals surface area (Å²) in [5.41, 5.74) is 1.75. The normalized spacial score (nSPS) is 20.1. The van der Waals surface area contributed by atoms with Crippen molar-refractivity contribution in [1.29, 1.82) is 0 Å². The smallest absolute Gasteiger partial charge is 0.240 e. The van der Waals surface area contributed by atoms with Gasteiger partial charge in [-0.3, -0.25) is 0 Å². The van der Waals surface area contributed by atoms with Crippen LogP contribution < -0.4 is 9.62 Å². The lowest BCUT2D eigenvalue weighted by atomic mass is 9.83. The monoisotopic (exact) mass is 479 g/mol. The molecule has 0 spiro atoms. The Morgan fingerprint density at radius 1 is 1.22 bits per heavy atom. The number of nitrogens with zero attached hydrogens (tertiary/aromatic N) is 2. The van der Waals surface area contributed by atoms with Crippen molar-refractivity contribution >= 4 is 27.3 Å². The molecular weight excluding hydrogens is 446 g/mol. The maximum absolute atomic E-state index is 13.0. The van der Waals surface area contributed by atoms with E-state index in [0.29, 0.717) is 5.02 Å². The van der Waals surface area contributed by atoms with Crippen LogP contribution in [0.25, 0.3) is 0 Å². The van der Waals surface area contributed by atoms with Crippen molar-refractivity contribution in [3.63, 3.8) is 0 Å². The van der Waals surface area contributed by atoms with Crippen LogP contribution in [0.4, 0.5) is 5.69 Å². The number of benzene rings is 2. The molecule has 0 amide bonds. The molecule has 2 aromatic carbocycles. The number of sulfonamides is 1. The highest BCUT2D eigenvalue weighted by molar-refractivity contribution is 7.89. The molecule has 0 aliphatic carbocycles. The van der Waals surface area contributed by atoms with Gasteiger partial charge in [-0.1, -0.05) is 55.3 Å². The maximum atomic E-state index is 13.0. The van der Waals surface area contributed by atoms with Gasteiger partial charge in [-0.15, -0.1) is 0 Å². The van der Waals surface area contributed by atoms with Crippen LogP contribution in [0.3, 0.4) is 0 Å². The van der Waals surface area contributed by atoms with E-state index in [9.17, 15) is 13.5 Å². The minimum absolute atomic E-state index is 0.0875. The fraction of sp³-hybridized carbons (Fsp3) is 0.500. The molecule has 0 bridgehead atoms. The van der Waals surface area contributed by atoms with Gasteiger partial charge in [-0.25, -0.2) is 13.1 Å². The second kappa shape index (κ2) is 10.5. The van der Waals surface area contributed by atoms with Crippen LogP contribution in [0.1, 0.15) is 37.8 Å². The molecular formula is C24H34ClN3O3S. The number of likely N-dealkylation sites (N-methyl/N-ethyl adjacent to an activating group) is 1. The highest BCUT2D eigenvalue weighted by atomic mass is 35.5. The van der Waals surface area contributed by atoms with E-state index in [1.807, 2.05) is 49.3 Å². The number of aliphatic hydroxyl groups is 1. The molecule has 2 N–H and O–H groups in total. The third-order valence-electron chi connectivity index (χ3n) is 6.40. The minimum Gasteiger partial charge on any atom is -0.396 e. The van der Waals surface area contributed by atoms with E-state index >= 15 is 0 Å². The Bertz CT molecular complexity index is 1000. The van der Waals surface area contributed by atoms with Gasteiger partial charge in [0.15, 0.2) is 0 Å². The summed E-state index contributed by atoms with van der Waals surface area (Å²) in [7, 11) is 0.143. The number of anilines is 1. The van der Waals surface area contributed by atoms with E-state index in [-0.39, 0.29) is 29.5 Å². The largest absolute Gasteiger partial charge is 0.396 e. The first-order chi connectivity index (χ1) is 15.2. The average molecular weight is 480 g/mol. The van der Waals surface area contributed by atoms with E-state index in [4.69, 9.17) is 11.6 Å². The van der Waals surface area contributed by atoms with Gasteiger partial charge in [0.2, 0.25) is 10.0 Å². The molecule has 0 saturated carbocycles. The van der Waals surface area contributed by atoms with Gasteiger partial charge in [0.1, 0.15) is 0 Å². The Balaban J connectivity index is 1.73. The third kappa shape index (κ3) is 5.64. The molecule has 1 heterocycles. The predicted molar refractivity (Wildman–Crippen MR) is 131 cm³/mol. The summed E-state index contributed by atoms with van der Waals surface area (Å²) >= 11 is 6.53. The Kier molecular flexibility index (Phi) is 8.22. The fourth-order valence-electron chi connectivity index (χ4n) is 4.54. The molecule has 1 saturated heterocycles. The number of aliphatic hydroxyl groups excluding tert-OH is 1. The molecule has 176 valence electrons. The molecule has 0 aromatic heterocycles. The van der Waals surface area contributed by atoms with E-state index in [2.05, 4.69) is 16.5 Å². The van der Waals surface area contributed by atoms with Gasteiger partial charge in [0.05, 0.1) is 22.2 Å². The van der Waals surface area contributed by atoms with E-state index in [1.165, 1.54) is 6.07 Å². The highest BCUT2D eigenvalue weighted by Gasteiger charge is 2.37. The summed E-state index contributed by atoms with van der Waals surface area (Å²) in [4.78, 5) is 4.29. The fourth-order valence-corrected chi connectivity index (χ4v) is 5.97. The van der Waals surface area contributed by atoms with Crippen LogP contribution in [0, 0.1) is 5.41 Å². The molecule has 1 aliphatic rings. The molecule has 1 fully saturated rings. The van der Waals surface area contributed by atoms with E-state index in [1.54, 1.807) is 12.1 Å². The Morgan fingerprint density at radius 3 is 2.53 bits per heavy atom. The van der Waals surface area contributed by atoms with Crippen molar-refractivity contribution < 1.29 is 13.5 Å². The summed E-state index contributed by atoms with van der Waals surface area (Å²) in [6.45, 7) is 4.05. The first-order valence-electron chi connectivity index (χ1n) is 11.1. The number of hydrogen-bond acceptors (Lipinski definition) is 5. The van der Waals surface area contributed by atoms with Crippen LogP contribution in [-0.4, -0.2) is 58.8 Å². The van der Waals surface area contributed by atoms with Crippen molar-refractivity contribution in [2.45, 2.75) is 37.1 Å². The topological polar surface area (TPSA) is 72.9 Å². The summed E-state index contributed by atoms with van der Waals surface area (Å²) in [6.07, 6.45) is 2.88. The summed E-state index contributed by atoms with van der Waals surface area (Å²) in [5, 5.41) is 10.3. The van der Waals surface area contributed by atoms with Gasteiger partial charge in [-0.05, 0) is 50.7 Å². The van der Waals surface area contributed by atoms with Crippen LogP contribution >= 0.6 is 11.6 Å². The number of nitrogens with one attached hydrogen (secondary N) is 1. The van der Waals surface area contributed by atoms with Crippen molar-refractivity contribution in [2.75, 3.05) is 45.2 Å². The molecule has 8 heteroatoms. The van der Waals surface area contributed by atoms with E-state index < -0.39 is 10.0 Å². The summed E-state index contributed by atoms with van der Waals surface area (Å²) in [5.74, 6) is 0.